The summed E-state index contributed by atoms with van der Waals surface area (Å²) in [5.74, 6) is 0.438. The summed E-state index contributed by atoms with van der Waals surface area (Å²) in [5, 5.41) is 0.958. The molecule has 3 fully saturated rings. The Kier molecular flexibility index (Phi) is 2.90. The minimum atomic E-state index is -0.464. The molecular formula is C19H18N2O4. The topological polar surface area (TPSA) is 75.7 Å². The van der Waals surface area contributed by atoms with E-state index >= 15 is 0 Å². The molecule has 128 valence electrons. The number of amides is 3. The van der Waals surface area contributed by atoms with Gasteiger partial charge in [0.2, 0.25) is 0 Å². The highest BCUT2D eigenvalue weighted by molar-refractivity contribution is 6.08. The third-order valence-corrected chi connectivity index (χ3v) is 6.23. The minimum absolute atomic E-state index is 0.152. The Morgan fingerprint density at radius 3 is 2.12 bits per heavy atom. The quantitative estimate of drug-likeness (QED) is 0.668. The second kappa shape index (κ2) is 4.94. The maximum Gasteiger partial charge on any atom is 0.270 e. The van der Waals surface area contributed by atoms with Crippen molar-refractivity contribution in [1.82, 2.24) is 10.4 Å². The second-order valence-corrected chi connectivity index (χ2v) is 7.34. The van der Waals surface area contributed by atoms with E-state index in [0.29, 0.717) is 23.1 Å². The van der Waals surface area contributed by atoms with Crippen LogP contribution >= 0.6 is 0 Å². The average molecular weight is 338 g/mol. The van der Waals surface area contributed by atoms with Crippen molar-refractivity contribution >= 4 is 17.7 Å². The van der Waals surface area contributed by atoms with Gasteiger partial charge in [-0.1, -0.05) is 12.2 Å². The first-order valence-corrected chi connectivity index (χ1v) is 8.61. The van der Waals surface area contributed by atoms with E-state index in [9.17, 15) is 14.4 Å². The molecule has 3 amide bonds. The fraction of sp³-hybridized carbons (Fsp3) is 0.421. The molecule has 0 spiro atoms. The lowest BCUT2D eigenvalue weighted by atomic mass is 9.63. The molecule has 5 aliphatic rings. The fourth-order valence-corrected chi connectivity index (χ4v) is 4.98. The first kappa shape index (κ1) is 14.7. The highest BCUT2D eigenvalue weighted by Crippen LogP contribution is 2.65. The molecular weight excluding hydrogens is 320 g/mol. The van der Waals surface area contributed by atoms with Crippen LogP contribution in [0.2, 0.25) is 0 Å². The number of benzene rings is 1. The average Bonchev–Trinajstić information content (AvgIpc) is 3.43. The molecule has 0 aromatic heterocycles. The van der Waals surface area contributed by atoms with Gasteiger partial charge >= 0.3 is 0 Å². The zero-order valence-electron chi connectivity index (χ0n) is 13.7. The summed E-state index contributed by atoms with van der Waals surface area (Å²) in [4.78, 5) is 38.1. The smallest absolute Gasteiger partial charge is 0.270 e. The van der Waals surface area contributed by atoms with Crippen molar-refractivity contribution in [2.24, 2.45) is 35.5 Å². The Hall–Kier alpha value is -2.63. The molecule has 6 heteroatoms. The van der Waals surface area contributed by atoms with Gasteiger partial charge in [-0.15, -0.1) is 0 Å². The largest absolute Gasteiger partial charge is 0.497 e. The van der Waals surface area contributed by atoms with Gasteiger partial charge in [-0.2, -0.15) is 5.01 Å². The maximum absolute atomic E-state index is 12.8. The van der Waals surface area contributed by atoms with Crippen molar-refractivity contribution < 1.29 is 19.1 Å². The predicted octanol–water partition coefficient (Wildman–Crippen LogP) is 1.39. The van der Waals surface area contributed by atoms with E-state index in [1.165, 1.54) is 0 Å². The lowest BCUT2D eigenvalue weighted by Crippen LogP contribution is -2.46. The van der Waals surface area contributed by atoms with E-state index < -0.39 is 5.91 Å². The molecule has 1 aromatic carbocycles. The second-order valence-electron chi connectivity index (χ2n) is 7.34. The normalized spacial score (nSPS) is 36.9. The van der Waals surface area contributed by atoms with E-state index in [2.05, 4.69) is 17.6 Å². The van der Waals surface area contributed by atoms with Crippen LogP contribution in [-0.2, 0) is 9.59 Å². The van der Waals surface area contributed by atoms with Gasteiger partial charge in [0.25, 0.3) is 17.7 Å². The van der Waals surface area contributed by atoms with E-state index in [1.54, 1.807) is 31.4 Å². The van der Waals surface area contributed by atoms with Gasteiger partial charge in [0.1, 0.15) is 5.75 Å². The first-order valence-electron chi connectivity index (χ1n) is 8.61. The molecule has 6 atom stereocenters. The molecule has 25 heavy (non-hydrogen) atoms. The van der Waals surface area contributed by atoms with Crippen LogP contribution in [-0.4, -0.2) is 29.8 Å². The molecule has 2 bridgehead atoms. The number of hydrogen-bond acceptors (Lipinski definition) is 4. The first-order chi connectivity index (χ1) is 12.1. The SMILES string of the molecule is COc1ccc(C(=O)NN2C(=O)[C@@H]3[C@H]4C=C[C@@H]([C@@H]5C[C@H]45)[C@@H]3C2=O)cc1. The third kappa shape index (κ3) is 1.94. The number of hydrogen-bond donors (Lipinski definition) is 1. The Morgan fingerprint density at radius 2 is 1.60 bits per heavy atom. The van der Waals surface area contributed by atoms with E-state index in [0.717, 1.165) is 11.4 Å². The highest BCUT2D eigenvalue weighted by atomic mass is 16.5. The van der Waals surface area contributed by atoms with Gasteiger partial charge in [-0.25, -0.2) is 0 Å². The molecule has 6 rings (SSSR count). The van der Waals surface area contributed by atoms with Gasteiger partial charge in [0.15, 0.2) is 0 Å². The zero-order chi connectivity index (χ0) is 17.3. The molecule has 1 aliphatic heterocycles. The Balaban J connectivity index is 1.37. The molecule has 2 saturated carbocycles. The number of methoxy groups -OCH3 is 1. The fourth-order valence-electron chi connectivity index (χ4n) is 4.98. The lowest BCUT2D eigenvalue weighted by molar-refractivity contribution is -0.143. The van der Waals surface area contributed by atoms with Crippen LogP contribution in [0, 0.1) is 35.5 Å². The summed E-state index contributed by atoms with van der Waals surface area (Å²) in [6.45, 7) is 0. The number of carbonyl (C=O) groups is 3. The van der Waals surface area contributed by atoms with Crippen LogP contribution in [0.5, 0.6) is 5.75 Å². The van der Waals surface area contributed by atoms with Crippen LogP contribution in [0.3, 0.4) is 0 Å². The lowest BCUT2D eigenvalue weighted by Gasteiger charge is -2.37. The molecule has 1 saturated heterocycles. The Bertz CT molecular complexity index is 779. The Morgan fingerprint density at radius 1 is 1.04 bits per heavy atom. The van der Waals surface area contributed by atoms with Crippen molar-refractivity contribution in [3.63, 3.8) is 0 Å². The molecule has 0 unspecified atom stereocenters. The summed E-state index contributed by atoms with van der Waals surface area (Å²) >= 11 is 0. The summed E-state index contributed by atoms with van der Waals surface area (Å²) < 4.78 is 5.07. The van der Waals surface area contributed by atoms with E-state index in [4.69, 9.17) is 4.74 Å². The monoisotopic (exact) mass is 338 g/mol. The van der Waals surface area contributed by atoms with E-state index in [1.807, 2.05) is 0 Å². The van der Waals surface area contributed by atoms with Crippen molar-refractivity contribution in [2.45, 2.75) is 6.42 Å². The predicted molar refractivity (Wildman–Crippen MR) is 87.0 cm³/mol. The third-order valence-electron chi connectivity index (χ3n) is 6.23. The van der Waals surface area contributed by atoms with Gasteiger partial charge < -0.3 is 4.74 Å². The van der Waals surface area contributed by atoms with Gasteiger partial charge in [-0.05, 0) is 54.4 Å². The number of nitrogens with zero attached hydrogens (tertiary/aromatic N) is 1. The number of imide groups is 1. The minimum Gasteiger partial charge on any atom is -0.497 e. The number of carbonyl (C=O) groups excluding carboxylic acids is 3. The molecule has 4 aliphatic carbocycles. The van der Waals surface area contributed by atoms with Crippen LogP contribution < -0.4 is 10.2 Å². The summed E-state index contributed by atoms with van der Waals surface area (Å²) in [7, 11) is 1.55. The highest BCUT2D eigenvalue weighted by Gasteiger charge is 2.67. The number of rotatable bonds is 3. The molecule has 6 nitrogen and oxygen atoms in total. The van der Waals surface area contributed by atoms with Crippen LogP contribution in [0.25, 0.3) is 0 Å². The van der Waals surface area contributed by atoms with Crippen molar-refractivity contribution in [1.29, 1.82) is 0 Å². The zero-order valence-corrected chi connectivity index (χ0v) is 13.7. The molecule has 0 radical (unpaired) electrons. The van der Waals surface area contributed by atoms with Crippen LogP contribution in [0.4, 0.5) is 0 Å². The van der Waals surface area contributed by atoms with Gasteiger partial charge in [0, 0.05) is 5.56 Å². The van der Waals surface area contributed by atoms with Crippen molar-refractivity contribution in [3.8, 4) is 5.75 Å². The van der Waals surface area contributed by atoms with Crippen LogP contribution in [0.15, 0.2) is 36.4 Å². The van der Waals surface area contributed by atoms with Crippen molar-refractivity contribution in [3.05, 3.63) is 42.0 Å². The van der Waals surface area contributed by atoms with Gasteiger partial charge in [-0.3, -0.25) is 19.8 Å². The van der Waals surface area contributed by atoms with E-state index in [-0.39, 0.29) is 35.5 Å². The standard InChI is InChI=1S/C19H18N2O4/c1-25-10-4-2-9(3-5-10)17(22)20-21-18(23)15-11-6-7-12(14-8-13(11)14)16(15)19(21)24/h2-7,11-16H,8H2,1H3,(H,20,22)/t11-,12-,13-,14+,15-,16+/m0/s1. The Labute approximate surface area is 144 Å². The van der Waals surface area contributed by atoms with Crippen LogP contribution in [0.1, 0.15) is 16.8 Å². The number of allylic oxidation sites excluding steroid dienone is 2. The molecule has 1 N–H and O–H groups in total. The maximum atomic E-state index is 12.8. The summed E-state index contributed by atoms with van der Waals surface area (Å²) in [5.41, 5.74) is 2.89. The number of nitrogens with one attached hydrogen (secondary N) is 1. The van der Waals surface area contributed by atoms with Crippen molar-refractivity contribution in [2.75, 3.05) is 7.11 Å². The summed E-state index contributed by atoms with van der Waals surface area (Å²) in [6.07, 6.45) is 5.34. The number of ether oxygens (including phenoxy) is 1. The molecule has 1 aromatic rings. The van der Waals surface area contributed by atoms with Gasteiger partial charge in [0.05, 0.1) is 18.9 Å². The summed E-state index contributed by atoms with van der Waals surface area (Å²) in [6, 6.07) is 6.54. The molecule has 1 heterocycles. The number of hydrazine groups is 1.